The first kappa shape index (κ1) is 17.8. The molecule has 1 radical (unpaired) electrons. The van der Waals surface area contributed by atoms with Gasteiger partial charge in [-0.05, 0) is 41.8 Å². The molecule has 28 heavy (non-hydrogen) atoms. The fourth-order valence-electron chi connectivity index (χ4n) is 3.07. The lowest BCUT2D eigenvalue weighted by molar-refractivity contribution is 0.0999. The smallest absolute Gasteiger partial charge is 0.249 e. The maximum absolute atomic E-state index is 11.9. The molecule has 0 aliphatic rings. The van der Waals surface area contributed by atoms with E-state index in [2.05, 4.69) is 9.97 Å². The number of ether oxygens (including phenoxy) is 1. The van der Waals surface area contributed by atoms with Crippen LogP contribution in [0, 0.1) is 6.42 Å². The third kappa shape index (κ3) is 4.04. The highest BCUT2D eigenvalue weighted by Crippen LogP contribution is 2.21. The lowest BCUT2D eigenvalue weighted by Gasteiger charge is -2.11. The van der Waals surface area contributed by atoms with Gasteiger partial charge in [0.05, 0.1) is 11.0 Å². The van der Waals surface area contributed by atoms with E-state index in [0.29, 0.717) is 24.3 Å². The van der Waals surface area contributed by atoms with E-state index < -0.39 is 5.91 Å². The molecule has 1 aromatic heterocycles. The molecule has 1 amide bonds. The fraction of sp³-hybridized carbons (Fsp3) is 0.0870. The van der Waals surface area contributed by atoms with Gasteiger partial charge in [-0.15, -0.1) is 0 Å². The van der Waals surface area contributed by atoms with Gasteiger partial charge in [0.1, 0.15) is 18.2 Å². The van der Waals surface area contributed by atoms with Crippen LogP contribution in [0.4, 0.5) is 0 Å². The number of H-pyrrole nitrogens is 1. The number of benzene rings is 3. The molecule has 3 N–H and O–H groups in total. The summed E-state index contributed by atoms with van der Waals surface area (Å²) in [5.74, 6) is 0.907. The number of nitrogens with two attached hydrogens (primary N) is 1. The van der Waals surface area contributed by atoms with E-state index in [0.717, 1.165) is 28.0 Å². The molecule has 0 bridgehead atoms. The summed E-state index contributed by atoms with van der Waals surface area (Å²) >= 11 is 0. The first-order valence-electron chi connectivity index (χ1n) is 9.06. The van der Waals surface area contributed by atoms with Crippen LogP contribution >= 0.6 is 0 Å². The van der Waals surface area contributed by atoms with Gasteiger partial charge in [0.15, 0.2) is 0 Å². The van der Waals surface area contributed by atoms with E-state index in [1.54, 1.807) is 6.07 Å². The van der Waals surface area contributed by atoms with E-state index in [1.807, 2.05) is 73.2 Å². The zero-order valence-corrected chi connectivity index (χ0v) is 15.3. The quantitative estimate of drug-likeness (QED) is 0.515. The minimum absolute atomic E-state index is 0.434. The Morgan fingerprint density at radius 3 is 2.61 bits per heavy atom. The highest BCUT2D eigenvalue weighted by atomic mass is 16.5. The summed E-state index contributed by atoms with van der Waals surface area (Å²) in [6.07, 6.45) is 2.49. The van der Waals surface area contributed by atoms with Crippen molar-refractivity contribution in [3.63, 3.8) is 0 Å². The summed E-state index contributed by atoms with van der Waals surface area (Å²) in [5.41, 5.74) is 9.83. The predicted molar refractivity (Wildman–Crippen MR) is 109 cm³/mol. The molecule has 0 fully saturated rings. The van der Waals surface area contributed by atoms with Crippen LogP contribution in [0.15, 0.2) is 72.8 Å². The molecular weight excluding hydrogens is 350 g/mol. The third-order valence-corrected chi connectivity index (χ3v) is 4.52. The molecule has 139 valence electrons. The molecule has 4 aromatic rings. The predicted octanol–water partition coefficient (Wildman–Crippen LogP) is 4.04. The third-order valence-electron chi connectivity index (χ3n) is 4.52. The fourth-order valence-corrected chi connectivity index (χ4v) is 3.07. The second kappa shape index (κ2) is 7.96. The Balaban J connectivity index is 1.47. The molecule has 0 saturated carbocycles. The normalized spacial score (nSPS) is 10.9. The summed E-state index contributed by atoms with van der Waals surface area (Å²) in [6, 6.07) is 23.2. The highest BCUT2D eigenvalue weighted by Gasteiger charge is 2.12. The van der Waals surface area contributed by atoms with Gasteiger partial charge < -0.3 is 15.5 Å². The molecule has 0 aliphatic carbocycles. The second-order valence-corrected chi connectivity index (χ2v) is 6.50. The van der Waals surface area contributed by atoms with Gasteiger partial charge in [-0.1, -0.05) is 48.5 Å². The van der Waals surface area contributed by atoms with Gasteiger partial charge >= 0.3 is 0 Å². The Kier molecular flexibility index (Phi) is 5.06. The van der Waals surface area contributed by atoms with Crippen LogP contribution in [0.1, 0.15) is 27.3 Å². The van der Waals surface area contributed by atoms with Crippen molar-refractivity contribution in [1.29, 1.82) is 0 Å². The largest absolute Gasteiger partial charge is 0.489 e. The molecule has 0 unspecified atom stereocenters. The summed E-state index contributed by atoms with van der Waals surface area (Å²) in [4.78, 5) is 19.7. The molecular formula is C23H20N3O2. The van der Waals surface area contributed by atoms with Crippen molar-refractivity contribution in [2.45, 2.75) is 13.0 Å². The molecule has 0 atom stereocenters. The van der Waals surface area contributed by atoms with Gasteiger partial charge in [-0.2, -0.15) is 0 Å². The number of nitrogens with zero attached hydrogens (tertiary/aromatic N) is 1. The van der Waals surface area contributed by atoms with E-state index in [-0.39, 0.29) is 0 Å². The SMILES string of the molecule is NC(=O)c1cc(OCc2ccccc2)ccc1C[CH]c1nc2ccccc2[nH]1. The number of fused-ring (bicyclic) bond motifs is 1. The molecule has 4 rings (SSSR count). The number of hydrogen-bond acceptors (Lipinski definition) is 3. The number of hydrogen-bond donors (Lipinski definition) is 2. The monoisotopic (exact) mass is 370 g/mol. The lowest BCUT2D eigenvalue weighted by Crippen LogP contribution is -2.14. The number of aromatic amines is 1. The van der Waals surface area contributed by atoms with Gasteiger partial charge in [0, 0.05) is 12.0 Å². The lowest BCUT2D eigenvalue weighted by atomic mass is 10.0. The van der Waals surface area contributed by atoms with Gasteiger partial charge in [0.2, 0.25) is 5.91 Å². The Labute approximate surface area is 163 Å². The van der Waals surface area contributed by atoms with Crippen LogP contribution < -0.4 is 10.5 Å². The van der Waals surface area contributed by atoms with E-state index in [1.165, 1.54) is 0 Å². The van der Waals surface area contributed by atoms with E-state index in [9.17, 15) is 4.79 Å². The van der Waals surface area contributed by atoms with Crippen LogP contribution in [0.25, 0.3) is 11.0 Å². The van der Waals surface area contributed by atoms with E-state index >= 15 is 0 Å². The minimum atomic E-state index is -0.474. The number of imidazole rings is 1. The second-order valence-electron chi connectivity index (χ2n) is 6.50. The molecule has 0 aliphatic heterocycles. The summed E-state index contributed by atoms with van der Waals surface area (Å²) in [7, 11) is 0. The molecule has 1 heterocycles. The van der Waals surface area contributed by atoms with Gasteiger partial charge in [-0.3, -0.25) is 4.79 Å². The van der Waals surface area contributed by atoms with Crippen LogP contribution in [-0.4, -0.2) is 15.9 Å². The first-order chi connectivity index (χ1) is 13.7. The van der Waals surface area contributed by atoms with Crippen LogP contribution in [0.3, 0.4) is 0 Å². The highest BCUT2D eigenvalue weighted by molar-refractivity contribution is 5.94. The van der Waals surface area contributed by atoms with Crippen molar-refractivity contribution < 1.29 is 9.53 Å². The minimum Gasteiger partial charge on any atom is -0.489 e. The number of aromatic nitrogens is 2. The molecule has 5 nitrogen and oxygen atoms in total. The average Bonchev–Trinajstić information content (AvgIpc) is 3.14. The van der Waals surface area contributed by atoms with Gasteiger partial charge in [-0.25, -0.2) is 4.98 Å². The van der Waals surface area contributed by atoms with Gasteiger partial charge in [0.25, 0.3) is 0 Å². The number of carbonyl (C=O) groups excluding carboxylic acids is 1. The van der Waals surface area contributed by atoms with Crippen molar-refractivity contribution in [2.24, 2.45) is 5.73 Å². The number of rotatable bonds is 7. The Morgan fingerprint density at radius 2 is 1.82 bits per heavy atom. The average molecular weight is 370 g/mol. The van der Waals surface area contributed by atoms with Crippen molar-refractivity contribution in [2.75, 3.05) is 0 Å². The summed E-state index contributed by atoms with van der Waals surface area (Å²) < 4.78 is 5.80. The molecule has 3 aromatic carbocycles. The zero-order chi connectivity index (χ0) is 19.3. The maximum atomic E-state index is 11.9. The molecule has 0 saturated heterocycles. The molecule has 5 heteroatoms. The van der Waals surface area contributed by atoms with E-state index in [4.69, 9.17) is 10.5 Å². The van der Waals surface area contributed by atoms with Crippen LogP contribution in [0.5, 0.6) is 5.75 Å². The van der Waals surface area contributed by atoms with Crippen molar-refractivity contribution in [1.82, 2.24) is 9.97 Å². The number of para-hydroxylation sites is 2. The summed E-state index contributed by atoms with van der Waals surface area (Å²) in [5, 5.41) is 0. The van der Waals surface area contributed by atoms with Crippen LogP contribution in [-0.2, 0) is 13.0 Å². The van der Waals surface area contributed by atoms with Crippen LogP contribution in [0.2, 0.25) is 0 Å². The Hall–Kier alpha value is -3.60. The number of nitrogens with one attached hydrogen (secondary N) is 1. The standard InChI is InChI=1S/C23H20N3O2/c24-23(27)19-14-18(28-15-16-6-2-1-3-7-16)12-10-17(19)11-13-22-25-20-8-4-5-9-21(20)26-22/h1-10,12-14H,11,15H2,(H2,24,27)(H,25,26). The van der Waals surface area contributed by atoms with Crippen molar-refractivity contribution >= 4 is 16.9 Å². The maximum Gasteiger partial charge on any atom is 0.249 e. The summed E-state index contributed by atoms with van der Waals surface area (Å²) in [6.45, 7) is 0.434. The van der Waals surface area contributed by atoms with Crippen molar-refractivity contribution in [3.05, 3.63) is 102 Å². The number of primary amides is 1. The first-order valence-corrected chi connectivity index (χ1v) is 9.06. The topological polar surface area (TPSA) is 81.0 Å². The Bertz CT molecular complexity index is 1070. The number of amides is 1. The molecule has 0 spiro atoms. The Morgan fingerprint density at radius 1 is 1.04 bits per heavy atom. The number of carbonyl (C=O) groups is 1. The van der Waals surface area contributed by atoms with Crippen molar-refractivity contribution in [3.8, 4) is 5.75 Å². The zero-order valence-electron chi connectivity index (χ0n) is 15.3.